The molecule has 2 aromatic rings. The number of benzene rings is 2. The largest absolute Gasteiger partial charge is 0.361 e. The van der Waals surface area contributed by atoms with Crippen molar-refractivity contribution in [3.05, 3.63) is 59.1 Å². The van der Waals surface area contributed by atoms with Gasteiger partial charge in [0.2, 0.25) is 0 Å². The second kappa shape index (κ2) is 8.37. The number of nitrogens with one attached hydrogen (secondary N) is 1. The number of primary amides is 1. The highest BCUT2D eigenvalue weighted by Gasteiger charge is 2.16. The number of para-hydroxylation sites is 1. The Bertz CT molecular complexity index is 897. The van der Waals surface area contributed by atoms with Crippen molar-refractivity contribution in [2.24, 2.45) is 10.1 Å². The molecule has 0 aromatic heterocycles. The summed E-state index contributed by atoms with van der Waals surface area (Å²) in [4.78, 5) is 11.0. The van der Waals surface area contributed by atoms with Gasteiger partial charge in [-0.25, -0.2) is 0 Å². The third-order valence-corrected chi connectivity index (χ3v) is 5.40. The first-order valence-corrected chi connectivity index (χ1v) is 9.92. The molecule has 6 nitrogen and oxygen atoms in total. The zero-order valence-corrected chi connectivity index (χ0v) is 15.7. The lowest BCUT2D eigenvalue weighted by Gasteiger charge is -2.11. The second-order valence-corrected chi connectivity index (χ2v) is 8.03. The van der Waals surface area contributed by atoms with Crippen molar-refractivity contribution in [2.45, 2.75) is 11.8 Å². The van der Waals surface area contributed by atoms with E-state index in [1.165, 1.54) is 24.3 Å². The topological polar surface area (TPSA) is 102 Å². The molecular formula is C16H16ClN3O3S2. The fourth-order valence-corrected chi connectivity index (χ4v) is 3.51. The molecule has 0 heterocycles. The number of anilines is 1. The van der Waals surface area contributed by atoms with Crippen LogP contribution in [0.1, 0.15) is 5.56 Å². The van der Waals surface area contributed by atoms with Crippen molar-refractivity contribution in [1.29, 1.82) is 0 Å². The van der Waals surface area contributed by atoms with Gasteiger partial charge < -0.3 is 11.1 Å². The first-order chi connectivity index (χ1) is 11.8. The van der Waals surface area contributed by atoms with Gasteiger partial charge in [0, 0.05) is 10.7 Å². The summed E-state index contributed by atoms with van der Waals surface area (Å²) in [6.07, 6.45) is 0. The van der Waals surface area contributed by atoms with E-state index in [4.69, 9.17) is 17.3 Å². The molecule has 0 aliphatic heterocycles. The first-order valence-electron chi connectivity index (χ1n) is 7.12. The molecule has 2 rings (SSSR count). The van der Waals surface area contributed by atoms with Crippen LogP contribution >= 0.6 is 23.4 Å². The zero-order valence-electron chi connectivity index (χ0n) is 13.3. The van der Waals surface area contributed by atoms with E-state index in [9.17, 15) is 13.2 Å². The molecule has 0 bridgehead atoms. The fourth-order valence-electron chi connectivity index (χ4n) is 1.90. The van der Waals surface area contributed by atoms with Gasteiger partial charge in [0.25, 0.3) is 15.3 Å². The van der Waals surface area contributed by atoms with Gasteiger partial charge >= 0.3 is 0 Å². The second-order valence-electron chi connectivity index (χ2n) is 5.01. The lowest BCUT2D eigenvalue weighted by Crippen LogP contribution is -2.20. The van der Waals surface area contributed by atoms with Crippen LogP contribution in [0.3, 0.4) is 0 Å². The highest BCUT2D eigenvalue weighted by atomic mass is 35.5. The molecule has 0 aliphatic rings. The van der Waals surface area contributed by atoms with Crippen molar-refractivity contribution in [2.75, 3.05) is 11.1 Å². The average molecular weight is 398 g/mol. The molecule has 0 spiro atoms. The molecule has 0 saturated carbocycles. The summed E-state index contributed by atoms with van der Waals surface area (Å²) in [7, 11) is -3.96. The van der Waals surface area contributed by atoms with Gasteiger partial charge in [-0.3, -0.25) is 4.79 Å². The van der Waals surface area contributed by atoms with E-state index in [1.54, 1.807) is 6.07 Å². The van der Waals surface area contributed by atoms with Crippen LogP contribution < -0.4 is 11.1 Å². The number of hydrogen-bond acceptors (Lipinski definition) is 4. The molecule has 1 amide bonds. The van der Waals surface area contributed by atoms with E-state index in [2.05, 4.69) is 9.71 Å². The SMILES string of the molecule is Cc1ccccc1N/C(CSC(N)=O)=N/S(=O)(=O)c1ccc(Cl)cc1. The maximum absolute atomic E-state index is 12.5. The molecule has 0 fully saturated rings. The first kappa shape index (κ1) is 19.3. The van der Waals surface area contributed by atoms with E-state index in [1.807, 2.05) is 25.1 Å². The summed E-state index contributed by atoms with van der Waals surface area (Å²) in [6.45, 7) is 1.87. The Balaban J connectivity index is 2.36. The number of aryl methyl sites for hydroxylation is 1. The van der Waals surface area contributed by atoms with Gasteiger partial charge in [0.05, 0.1) is 10.6 Å². The van der Waals surface area contributed by atoms with Crippen molar-refractivity contribution in [3.8, 4) is 0 Å². The molecule has 25 heavy (non-hydrogen) atoms. The molecule has 3 N–H and O–H groups in total. The minimum absolute atomic E-state index is 0.00348. The highest BCUT2D eigenvalue weighted by Crippen LogP contribution is 2.19. The van der Waals surface area contributed by atoms with Gasteiger partial charge in [0.1, 0.15) is 5.84 Å². The van der Waals surface area contributed by atoms with Gasteiger partial charge in [-0.2, -0.15) is 8.42 Å². The number of rotatable bonds is 5. The van der Waals surface area contributed by atoms with Gasteiger partial charge in [0.15, 0.2) is 0 Å². The third kappa shape index (κ3) is 5.77. The minimum Gasteiger partial charge on any atom is -0.361 e. The van der Waals surface area contributed by atoms with Crippen LogP contribution in [0.5, 0.6) is 0 Å². The van der Waals surface area contributed by atoms with Crippen molar-refractivity contribution < 1.29 is 13.2 Å². The molecule has 132 valence electrons. The Morgan fingerprint density at radius 1 is 1.20 bits per heavy atom. The lowest BCUT2D eigenvalue weighted by atomic mass is 10.2. The number of hydrogen-bond donors (Lipinski definition) is 2. The highest BCUT2D eigenvalue weighted by molar-refractivity contribution is 8.14. The lowest BCUT2D eigenvalue weighted by molar-refractivity contribution is 0.267. The van der Waals surface area contributed by atoms with Gasteiger partial charge in [-0.05, 0) is 42.8 Å². The van der Waals surface area contributed by atoms with Crippen LogP contribution in [0.15, 0.2) is 57.8 Å². The number of halogens is 1. The standard InChI is InChI=1S/C16H16ClN3O3S2/c1-11-4-2-3-5-14(11)19-15(10-24-16(18)21)20-25(22,23)13-8-6-12(17)7-9-13/h2-9H,10H2,1H3,(H2,18,21)(H,19,20). The van der Waals surface area contributed by atoms with Gasteiger partial charge in [-0.1, -0.05) is 41.6 Å². The van der Waals surface area contributed by atoms with Gasteiger partial charge in [-0.15, -0.1) is 4.40 Å². The predicted molar refractivity (Wildman–Crippen MR) is 103 cm³/mol. The van der Waals surface area contributed by atoms with Crippen LogP contribution in [0.4, 0.5) is 10.5 Å². The number of amides is 1. The normalized spacial score (nSPS) is 12.0. The Kier molecular flexibility index (Phi) is 6.46. The maximum atomic E-state index is 12.5. The van der Waals surface area contributed by atoms with E-state index in [0.717, 1.165) is 17.3 Å². The summed E-state index contributed by atoms with van der Waals surface area (Å²) in [5, 5.41) is 2.76. The average Bonchev–Trinajstić information content (AvgIpc) is 2.55. The number of nitrogens with two attached hydrogens (primary N) is 1. The number of nitrogens with zero attached hydrogens (tertiary/aromatic N) is 1. The quantitative estimate of drug-likeness (QED) is 0.592. The summed E-state index contributed by atoms with van der Waals surface area (Å²) >= 11 is 6.54. The van der Waals surface area contributed by atoms with Crippen LogP contribution in [-0.2, 0) is 10.0 Å². The maximum Gasteiger partial charge on any atom is 0.283 e. The fraction of sp³-hybridized carbons (Fsp3) is 0.125. The number of carbonyl (C=O) groups is 1. The molecule has 0 radical (unpaired) electrons. The van der Waals surface area contributed by atoms with Crippen LogP contribution in [0, 0.1) is 6.92 Å². The number of sulfonamides is 1. The summed E-state index contributed by atoms with van der Waals surface area (Å²) in [5.41, 5.74) is 6.73. The minimum atomic E-state index is -3.96. The van der Waals surface area contributed by atoms with Crippen LogP contribution in [0.25, 0.3) is 0 Å². The zero-order chi connectivity index (χ0) is 18.4. The molecule has 9 heteroatoms. The molecule has 0 unspecified atom stereocenters. The Morgan fingerprint density at radius 2 is 1.84 bits per heavy atom. The van der Waals surface area contributed by atoms with Crippen LogP contribution in [0.2, 0.25) is 5.02 Å². The van der Waals surface area contributed by atoms with Crippen LogP contribution in [-0.4, -0.2) is 25.2 Å². The van der Waals surface area contributed by atoms with E-state index in [-0.39, 0.29) is 16.5 Å². The Hall–Kier alpha value is -2.03. The monoisotopic (exact) mass is 397 g/mol. The summed E-state index contributed by atoms with van der Waals surface area (Å²) < 4.78 is 28.8. The summed E-state index contributed by atoms with van der Waals surface area (Å²) in [6, 6.07) is 13.0. The number of amidine groups is 1. The molecule has 2 aromatic carbocycles. The molecule has 0 atom stereocenters. The molecule has 0 aliphatic carbocycles. The van der Waals surface area contributed by atoms with Crippen molar-refractivity contribution in [3.63, 3.8) is 0 Å². The van der Waals surface area contributed by atoms with Crippen molar-refractivity contribution in [1.82, 2.24) is 0 Å². The predicted octanol–water partition coefficient (Wildman–Crippen LogP) is 3.66. The molecular weight excluding hydrogens is 382 g/mol. The van der Waals surface area contributed by atoms with E-state index in [0.29, 0.717) is 10.7 Å². The van der Waals surface area contributed by atoms with Crippen molar-refractivity contribution >= 4 is 50.1 Å². The number of thioether (sulfide) groups is 1. The van der Waals surface area contributed by atoms with E-state index >= 15 is 0 Å². The summed E-state index contributed by atoms with van der Waals surface area (Å²) in [5.74, 6) is 0.101. The smallest absolute Gasteiger partial charge is 0.283 e. The molecule has 0 saturated heterocycles. The van der Waals surface area contributed by atoms with E-state index < -0.39 is 15.3 Å². The Labute approximate surface area is 155 Å². The Morgan fingerprint density at radius 3 is 2.44 bits per heavy atom. The third-order valence-electron chi connectivity index (χ3n) is 3.12. The number of carbonyl (C=O) groups excluding carboxylic acids is 1.